The highest BCUT2D eigenvalue weighted by Crippen LogP contribution is 2.20. The van der Waals surface area contributed by atoms with Crippen molar-refractivity contribution in [1.29, 1.82) is 0 Å². The summed E-state index contributed by atoms with van der Waals surface area (Å²) in [6.45, 7) is 3.02. The highest BCUT2D eigenvalue weighted by Gasteiger charge is 2.15. The fourth-order valence-corrected chi connectivity index (χ4v) is 4.41. The molecule has 0 aliphatic rings. The number of carbonyl (C=O) groups is 1. The average molecular weight is 418 g/mol. The second-order valence-corrected chi connectivity index (χ2v) is 8.23. The number of nitrogens with zero attached hydrogens (tertiary/aromatic N) is 2. The minimum atomic E-state index is -0.0865. The van der Waals surface area contributed by atoms with Gasteiger partial charge in [-0.2, -0.15) is 0 Å². The monoisotopic (exact) mass is 417 g/mol. The predicted molar refractivity (Wildman–Crippen MR) is 114 cm³/mol. The van der Waals surface area contributed by atoms with Gasteiger partial charge in [0.1, 0.15) is 0 Å². The van der Waals surface area contributed by atoms with E-state index in [1.165, 1.54) is 11.8 Å². The first kappa shape index (κ1) is 20.6. The van der Waals surface area contributed by atoms with Gasteiger partial charge in [-0.25, -0.2) is 4.98 Å². The first-order valence-electron chi connectivity index (χ1n) is 9.04. The van der Waals surface area contributed by atoms with Gasteiger partial charge >= 0.3 is 0 Å². The van der Waals surface area contributed by atoms with E-state index in [4.69, 9.17) is 4.74 Å². The number of hydrogen-bond acceptors (Lipinski definition) is 6. The van der Waals surface area contributed by atoms with Crippen molar-refractivity contribution in [2.75, 3.05) is 19.5 Å². The molecule has 6 nitrogen and oxygen atoms in total. The summed E-state index contributed by atoms with van der Waals surface area (Å²) in [5.74, 6) is 0.113. The predicted octanol–water partition coefficient (Wildman–Crippen LogP) is 3.46. The Kier molecular flexibility index (Phi) is 7.24. The first-order valence-corrected chi connectivity index (χ1v) is 10.9. The lowest BCUT2D eigenvalue weighted by atomic mass is 10.2. The van der Waals surface area contributed by atoms with Crippen molar-refractivity contribution in [3.63, 3.8) is 0 Å². The van der Waals surface area contributed by atoms with Crippen molar-refractivity contribution < 1.29 is 9.53 Å². The van der Waals surface area contributed by atoms with E-state index in [2.05, 4.69) is 10.3 Å². The zero-order valence-electron chi connectivity index (χ0n) is 15.9. The van der Waals surface area contributed by atoms with Crippen molar-refractivity contribution in [1.82, 2.24) is 14.9 Å². The quantitative estimate of drug-likeness (QED) is 0.328. The fraction of sp³-hybridized carbons (Fsp3) is 0.350. The summed E-state index contributed by atoms with van der Waals surface area (Å²) < 4.78 is 6.74. The Morgan fingerprint density at radius 1 is 1.32 bits per heavy atom. The highest BCUT2D eigenvalue weighted by molar-refractivity contribution is 7.99. The molecule has 0 radical (unpaired) electrons. The van der Waals surface area contributed by atoms with Crippen LogP contribution in [0.1, 0.15) is 24.3 Å². The Labute approximate surface area is 171 Å². The molecule has 2 aromatic heterocycles. The summed E-state index contributed by atoms with van der Waals surface area (Å²) in [6.07, 6.45) is 0.700. The molecule has 28 heavy (non-hydrogen) atoms. The van der Waals surface area contributed by atoms with Crippen molar-refractivity contribution in [3.05, 3.63) is 57.0 Å². The molecular weight excluding hydrogens is 394 g/mol. The third kappa shape index (κ3) is 5.01. The Morgan fingerprint density at radius 2 is 2.14 bits per heavy atom. The van der Waals surface area contributed by atoms with Crippen molar-refractivity contribution in [2.24, 2.45) is 0 Å². The summed E-state index contributed by atoms with van der Waals surface area (Å²) >= 11 is 2.90. The minimum absolute atomic E-state index is 0.0402. The molecule has 2 heterocycles. The lowest BCUT2D eigenvalue weighted by Crippen LogP contribution is -2.29. The number of rotatable bonds is 9. The third-order valence-electron chi connectivity index (χ3n) is 4.24. The number of aromatic nitrogens is 2. The number of ether oxygens (including phenoxy) is 1. The lowest BCUT2D eigenvalue weighted by Gasteiger charge is -2.14. The smallest absolute Gasteiger partial charge is 0.262 e. The molecule has 0 aliphatic heterocycles. The molecule has 3 aromatic rings. The molecule has 1 atom stereocenters. The molecule has 0 bridgehead atoms. The van der Waals surface area contributed by atoms with Gasteiger partial charge in [0, 0.05) is 25.1 Å². The number of benzene rings is 1. The number of carbonyl (C=O) groups excluding carboxylic acids is 1. The highest BCUT2D eigenvalue weighted by atomic mass is 32.2. The number of para-hydroxylation sites is 1. The molecule has 0 fully saturated rings. The molecule has 3 rings (SSSR count). The van der Waals surface area contributed by atoms with E-state index in [9.17, 15) is 9.59 Å². The first-order chi connectivity index (χ1) is 13.6. The van der Waals surface area contributed by atoms with E-state index in [0.717, 1.165) is 4.88 Å². The second-order valence-electron chi connectivity index (χ2n) is 6.31. The molecule has 0 aliphatic carbocycles. The fourth-order valence-electron chi connectivity index (χ4n) is 2.84. The van der Waals surface area contributed by atoms with E-state index in [1.54, 1.807) is 29.1 Å². The van der Waals surface area contributed by atoms with Crippen LogP contribution in [-0.4, -0.2) is 34.9 Å². The molecule has 1 amide bonds. The molecule has 1 aromatic carbocycles. The van der Waals surface area contributed by atoms with Crippen LogP contribution in [0, 0.1) is 0 Å². The van der Waals surface area contributed by atoms with Gasteiger partial charge in [-0.15, -0.1) is 11.3 Å². The Morgan fingerprint density at radius 3 is 2.89 bits per heavy atom. The van der Waals surface area contributed by atoms with Gasteiger partial charge in [0.05, 0.1) is 22.7 Å². The van der Waals surface area contributed by atoms with Crippen LogP contribution >= 0.6 is 23.1 Å². The topological polar surface area (TPSA) is 73.2 Å². The molecule has 1 unspecified atom stereocenters. The summed E-state index contributed by atoms with van der Waals surface area (Å²) in [5, 5.41) is 6.12. The van der Waals surface area contributed by atoms with Crippen molar-refractivity contribution >= 4 is 39.9 Å². The standard InChI is InChI=1S/C20H23N3O3S2/c1-14(17-9-5-12-27-17)21-18(24)13-28-20-22-16-8-4-3-7-15(16)19(25)23(20)10-6-11-26-2/h3-5,7-9,12,14H,6,10-11,13H2,1-2H3,(H,21,24). The number of methoxy groups -OCH3 is 1. The molecule has 0 saturated heterocycles. The summed E-state index contributed by atoms with van der Waals surface area (Å²) in [6, 6.07) is 11.2. The Bertz CT molecular complexity index is 986. The Balaban J connectivity index is 1.75. The van der Waals surface area contributed by atoms with E-state index in [0.29, 0.717) is 35.6 Å². The molecular formula is C20H23N3O3S2. The van der Waals surface area contributed by atoms with Gasteiger partial charge in [0.25, 0.3) is 5.56 Å². The third-order valence-corrected chi connectivity index (χ3v) is 6.27. The number of amides is 1. The van der Waals surface area contributed by atoms with Gasteiger partial charge in [0.15, 0.2) is 5.16 Å². The lowest BCUT2D eigenvalue weighted by molar-refractivity contribution is -0.119. The minimum Gasteiger partial charge on any atom is -0.385 e. The summed E-state index contributed by atoms with van der Waals surface area (Å²) in [5.41, 5.74) is 0.557. The van der Waals surface area contributed by atoms with Gasteiger partial charge < -0.3 is 10.1 Å². The van der Waals surface area contributed by atoms with Crippen LogP contribution in [0.3, 0.4) is 0 Å². The molecule has 8 heteroatoms. The average Bonchev–Trinajstić information content (AvgIpc) is 3.23. The van der Waals surface area contributed by atoms with Crippen LogP contribution in [0.2, 0.25) is 0 Å². The Hall–Kier alpha value is -2.16. The van der Waals surface area contributed by atoms with Gasteiger partial charge in [0.2, 0.25) is 5.91 Å². The maximum atomic E-state index is 12.9. The maximum absolute atomic E-state index is 12.9. The molecule has 0 spiro atoms. The molecule has 0 saturated carbocycles. The number of nitrogens with one attached hydrogen (secondary N) is 1. The van der Waals surface area contributed by atoms with Crippen molar-refractivity contribution in [2.45, 2.75) is 31.1 Å². The van der Waals surface area contributed by atoms with Crippen LogP contribution < -0.4 is 10.9 Å². The van der Waals surface area contributed by atoms with Crippen LogP contribution in [0.5, 0.6) is 0 Å². The van der Waals surface area contributed by atoms with E-state index in [-0.39, 0.29) is 23.3 Å². The van der Waals surface area contributed by atoms with E-state index >= 15 is 0 Å². The number of fused-ring (bicyclic) bond motifs is 1. The van der Waals surface area contributed by atoms with Gasteiger partial charge in [-0.3, -0.25) is 14.2 Å². The van der Waals surface area contributed by atoms with Crippen LogP contribution in [-0.2, 0) is 16.1 Å². The van der Waals surface area contributed by atoms with Crippen molar-refractivity contribution in [3.8, 4) is 0 Å². The van der Waals surface area contributed by atoms with Crippen LogP contribution in [0.15, 0.2) is 51.7 Å². The molecule has 1 N–H and O–H groups in total. The number of thioether (sulfide) groups is 1. The number of hydrogen-bond donors (Lipinski definition) is 1. The normalized spacial score (nSPS) is 12.2. The zero-order chi connectivity index (χ0) is 19.9. The summed E-state index contributed by atoms with van der Waals surface area (Å²) in [7, 11) is 1.64. The molecule has 148 valence electrons. The van der Waals surface area contributed by atoms with E-state index in [1.807, 2.05) is 42.6 Å². The van der Waals surface area contributed by atoms with Gasteiger partial charge in [-0.05, 0) is 36.9 Å². The number of thiophene rings is 1. The zero-order valence-corrected chi connectivity index (χ0v) is 17.5. The van der Waals surface area contributed by atoms with Gasteiger partial charge in [-0.1, -0.05) is 30.0 Å². The SMILES string of the molecule is COCCCn1c(SCC(=O)NC(C)c2cccs2)nc2ccccc2c1=O. The largest absolute Gasteiger partial charge is 0.385 e. The van der Waals surface area contributed by atoms with Crippen LogP contribution in [0.25, 0.3) is 10.9 Å². The maximum Gasteiger partial charge on any atom is 0.262 e. The second kappa shape index (κ2) is 9.86. The van der Waals surface area contributed by atoms with Crippen LogP contribution in [0.4, 0.5) is 0 Å². The van der Waals surface area contributed by atoms with E-state index < -0.39 is 0 Å². The summed E-state index contributed by atoms with van der Waals surface area (Å²) in [4.78, 5) is 31.0.